The molecule has 9 nitrogen and oxygen atoms in total. The first-order valence-corrected chi connectivity index (χ1v) is 15.7. The molecule has 3 aromatic rings. The van der Waals surface area contributed by atoms with E-state index in [0.717, 1.165) is 24.6 Å². The van der Waals surface area contributed by atoms with E-state index in [1.807, 2.05) is 18.4 Å². The molecule has 0 atom stereocenters. The van der Waals surface area contributed by atoms with Gasteiger partial charge in [0, 0.05) is 38.6 Å². The van der Waals surface area contributed by atoms with E-state index in [-0.39, 0.29) is 15.4 Å². The van der Waals surface area contributed by atoms with E-state index in [1.54, 1.807) is 12.1 Å². The standard InChI is InChI=1S/C24H31N3O6S3/c1-5-7-14-26(3)36(31,32)19-10-8-18(9-11-19)23(28)25-24-27(15-16-33-6-2)21-13-12-20(35(4,29)30)17-22(21)34-24/h8-13,17H,5-7,14-16H2,1-4H3. The molecular formula is C24H31N3O6S3. The van der Waals surface area contributed by atoms with Crippen molar-refractivity contribution in [3.05, 3.63) is 52.8 Å². The van der Waals surface area contributed by atoms with Crippen molar-refractivity contribution >= 4 is 47.3 Å². The normalized spacial score (nSPS) is 13.1. The van der Waals surface area contributed by atoms with Crippen molar-refractivity contribution in [2.45, 2.75) is 43.0 Å². The zero-order valence-electron chi connectivity index (χ0n) is 20.8. The zero-order valence-corrected chi connectivity index (χ0v) is 23.2. The van der Waals surface area contributed by atoms with Gasteiger partial charge >= 0.3 is 0 Å². The van der Waals surface area contributed by atoms with Gasteiger partial charge in [-0.25, -0.2) is 21.1 Å². The molecule has 0 N–H and O–H groups in total. The number of hydrogen-bond donors (Lipinski definition) is 0. The minimum absolute atomic E-state index is 0.111. The van der Waals surface area contributed by atoms with Crippen LogP contribution >= 0.6 is 11.3 Å². The molecule has 1 aromatic heterocycles. The van der Waals surface area contributed by atoms with Crippen LogP contribution in [0.15, 0.2) is 57.2 Å². The summed E-state index contributed by atoms with van der Waals surface area (Å²) in [5.74, 6) is -0.529. The Morgan fingerprint density at radius 2 is 1.72 bits per heavy atom. The van der Waals surface area contributed by atoms with E-state index in [4.69, 9.17) is 4.74 Å². The Bertz CT molecular complexity index is 1500. The number of unbranched alkanes of at least 4 members (excludes halogenated alkanes) is 1. The second kappa shape index (κ2) is 11.8. The molecule has 196 valence electrons. The summed E-state index contributed by atoms with van der Waals surface area (Å²) < 4.78 is 58.7. The van der Waals surface area contributed by atoms with Gasteiger partial charge in [-0.15, -0.1) is 0 Å². The van der Waals surface area contributed by atoms with E-state index in [2.05, 4.69) is 4.99 Å². The van der Waals surface area contributed by atoms with Crippen molar-refractivity contribution in [3.63, 3.8) is 0 Å². The molecule has 0 saturated heterocycles. The van der Waals surface area contributed by atoms with Crippen molar-refractivity contribution in [3.8, 4) is 0 Å². The van der Waals surface area contributed by atoms with Gasteiger partial charge < -0.3 is 9.30 Å². The number of ether oxygens (including phenoxy) is 1. The topological polar surface area (TPSA) is 115 Å². The average molecular weight is 554 g/mol. The Hall–Kier alpha value is -2.38. The molecule has 36 heavy (non-hydrogen) atoms. The molecular weight excluding hydrogens is 522 g/mol. The summed E-state index contributed by atoms with van der Waals surface area (Å²) in [6.45, 7) is 5.66. The molecule has 0 aliphatic heterocycles. The first-order chi connectivity index (χ1) is 17.0. The third-order valence-electron chi connectivity index (χ3n) is 5.58. The van der Waals surface area contributed by atoms with Crippen LogP contribution in [0.25, 0.3) is 10.2 Å². The second-order valence-electron chi connectivity index (χ2n) is 8.26. The predicted molar refractivity (Wildman–Crippen MR) is 140 cm³/mol. The fraction of sp³-hybridized carbons (Fsp3) is 0.417. The van der Waals surface area contributed by atoms with Crippen LogP contribution in [-0.4, -0.2) is 64.7 Å². The number of hydrogen-bond acceptors (Lipinski definition) is 7. The number of benzene rings is 2. The smallest absolute Gasteiger partial charge is 0.279 e. The van der Waals surface area contributed by atoms with Gasteiger partial charge in [0.05, 0.1) is 26.6 Å². The highest BCUT2D eigenvalue weighted by molar-refractivity contribution is 7.90. The van der Waals surface area contributed by atoms with E-state index in [1.165, 1.54) is 53.0 Å². The molecule has 0 saturated carbocycles. The van der Waals surface area contributed by atoms with Crippen LogP contribution in [0.3, 0.4) is 0 Å². The van der Waals surface area contributed by atoms with Crippen LogP contribution in [0, 0.1) is 0 Å². The molecule has 0 spiro atoms. The predicted octanol–water partition coefficient (Wildman–Crippen LogP) is 3.30. The lowest BCUT2D eigenvalue weighted by atomic mass is 10.2. The molecule has 0 fully saturated rings. The van der Waals surface area contributed by atoms with Gasteiger partial charge in [-0.3, -0.25) is 4.79 Å². The van der Waals surface area contributed by atoms with Crippen molar-refractivity contribution in [1.29, 1.82) is 0 Å². The lowest BCUT2D eigenvalue weighted by Gasteiger charge is -2.16. The second-order valence-corrected chi connectivity index (χ2v) is 13.3. The number of thiazole rings is 1. The van der Waals surface area contributed by atoms with Crippen LogP contribution in [0.2, 0.25) is 0 Å². The molecule has 0 bridgehead atoms. The summed E-state index contributed by atoms with van der Waals surface area (Å²) in [5.41, 5.74) is 0.992. The number of sulfone groups is 1. The number of carbonyl (C=O) groups excluding carboxylic acids is 1. The maximum absolute atomic E-state index is 13.0. The molecule has 2 aromatic carbocycles. The number of carbonyl (C=O) groups is 1. The van der Waals surface area contributed by atoms with Gasteiger partial charge in [0.25, 0.3) is 5.91 Å². The van der Waals surface area contributed by atoms with E-state index in [0.29, 0.717) is 35.8 Å². The average Bonchev–Trinajstić information content (AvgIpc) is 3.18. The van der Waals surface area contributed by atoms with Crippen LogP contribution in [0.4, 0.5) is 0 Å². The summed E-state index contributed by atoms with van der Waals surface area (Å²) in [7, 11) is -5.49. The van der Waals surface area contributed by atoms with Crippen LogP contribution in [0.1, 0.15) is 37.0 Å². The Morgan fingerprint density at radius 3 is 2.33 bits per heavy atom. The number of nitrogens with zero attached hydrogens (tertiary/aromatic N) is 3. The number of rotatable bonds is 11. The van der Waals surface area contributed by atoms with E-state index < -0.39 is 25.8 Å². The summed E-state index contributed by atoms with van der Waals surface area (Å²) in [6.07, 6.45) is 2.78. The van der Waals surface area contributed by atoms with Crippen molar-refractivity contribution in [2.24, 2.45) is 4.99 Å². The highest BCUT2D eigenvalue weighted by atomic mass is 32.2. The summed E-state index contributed by atoms with van der Waals surface area (Å²) in [5, 5.41) is 0. The van der Waals surface area contributed by atoms with Crippen LogP contribution in [0.5, 0.6) is 0 Å². The van der Waals surface area contributed by atoms with E-state index >= 15 is 0 Å². The van der Waals surface area contributed by atoms with Crippen LogP contribution in [-0.2, 0) is 31.1 Å². The largest absolute Gasteiger partial charge is 0.380 e. The van der Waals surface area contributed by atoms with Gasteiger partial charge in [0.1, 0.15) is 0 Å². The minimum Gasteiger partial charge on any atom is -0.380 e. The quantitative estimate of drug-likeness (QED) is 0.337. The first kappa shape index (κ1) is 28.2. The Morgan fingerprint density at radius 1 is 1.06 bits per heavy atom. The van der Waals surface area contributed by atoms with Gasteiger partial charge in [0.2, 0.25) is 10.0 Å². The third-order valence-corrected chi connectivity index (χ3v) is 9.60. The maximum atomic E-state index is 13.0. The Labute approximate surface area is 216 Å². The van der Waals surface area contributed by atoms with Gasteiger partial charge in [-0.1, -0.05) is 24.7 Å². The minimum atomic E-state index is -3.64. The van der Waals surface area contributed by atoms with Crippen molar-refractivity contribution in [2.75, 3.05) is 33.1 Å². The molecule has 0 aliphatic rings. The number of aromatic nitrogens is 1. The van der Waals surface area contributed by atoms with Gasteiger partial charge in [-0.2, -0.15) is 4.99 Å². The lowest BCUT2D eigenvalue weighted by Crippen LogP contribution is -2.27. The highest BCUT2D eigenvalue weighted by Gasteiger charge is 2.20. The number of fused-ring (bicyclic) bond motifs is 1. The molecule has 12 heteroatoms. The van der Waals surface area contributed by atoms with Crippen molar-refractivity contribution < 1.29 is 26.4 Å². The Balaban J connectivity index is 1.98. The van der Waals surface area contributed by atoms with E-state index in [9.17, 15) is 21.6 Å². The summed E-state index contributed by atoms with van der Waals surface area (Å²) >= 11 is 1.21. The fourth-order valence-electron chi connectivity index (χ4n) is 3.49. The monoisotopic (exact) mass is 553 g/mol. The third kappa shape index (κ3) is 6.48. The number of amides is 1. The SMILES string of the molecule is CCCCN(C)S(=O)(=O)c1ccc(C(=O)N=c2sc3cc(S(C)(=O)=O)ccc3n2CCOCC)cc1. The molecule has 1 amide bonds. The lowest BCUT2D eigenvalue weighted by molar-refractivity contribution is 0.0996. The molecule has 0 unspecified atom stereocenters. The summed E-state index contributed by atoms with van der Waals surface area (Å²) in [4.78, 5) is 18.0. The fourth-order valence-corrected chi connectivity index (χ4v) is 6.51. The van der Waals surface area contributed by atoms with Gasteiger partial charge in [0.15, 0.2) is 14.6 Å². The molecule has 0 aliphatic carbocycles. The van der Waals surface area contributed by atoms with Gasteiger partial charge in [-0.05, 0) is 55.8 Å². The maximum Gasteiger partial charge on any atom is 0.279 e. The first-order valence-electron chi connectivity index (χ1n) is 11.6. The molecule has 1 heterocycles. The van der Waals surface area contributed by atoms with Crippen LogP contribution < -0.4 is 4.80 Å². The highest BCUT2D eigenvalue weighted by Crippen LogP contribution is 2.22. The molecule has 3 rings (SSSR count). The summed E-state index contributed by atoms with van der Waals surface area (Å²) in [6, 6.07) is 10.5. The molecule has 0 radical (unpaired) electrons. The zero-order chi connectivity index (χ0) is 26.5. The Kier molecular flexibility index (Phi) is 9.23. The number of sulfonamides is 1. The van der Waals surface area contributed by atoms with Crippen molar-refractivity contribution in [1.82, 2.24) is 8.87 Å².